The Balaban J connectivity index is 0.000000180. The van der Waals surface area contributed by atoms with E-state index in [4.69, 9.17) is 24.2 Å². The molecule has 3 N–H and O–H groups in total. The van der Waals surface area contributed by atoms with E-state index in [0.717, 1.165) is 26.4 Å². The molecule has 0 spiro atoms. The molecule has 1 fully saturated rings. The highest BCUT2D eigenvalue weighted by atomic mass is 31.2. The van der Waals surface area contributed by atoms with Crippen molar-refractivity contribution in [2.75, 3.05) is 26.4 Å². The number of hydrogen-bond donors (Lipinski definition) is 3. The van der Waals surface area contributed by atoms with E-state index in [0.29, 0.717) is 0 Å². The molecule has 62 valence electrons. The summed E-state index contributed by atoms with van der Waals surface area (Å²) in [5, 5.41) is 0. The van der Waals surface area contributed by atoms with Gasteiger partial charge in [-0.15, -0.1) is 0 Å². The summed E-state index contributed by atoms with van der Waals surface area (Å²) < 4.78 is 9.89. The lowest BCUT2D eigenvalue weighted by Gasteiger charge is -2.09. The van der Waals surface area contributed by atoms with E-state index in [1.54, 1.807) is 0 Å². The van der Waals surface area contributed by atoms with Gasteiger partial charge in [-0.25, -0.2) is 0 Å². The summed E-state index contributed by atoms with van der Waals surface area (Å²) >= 11 is 0. The Morgan fingerprint density at radius 3 is 1.10 bits per heavy atom. The third kappa shape index (κ3) is 11.1. The van der Waals surface area contributed by atoms with Crippen LogP contribution in [0.25, 0.3) is 0 Å². The Bertz CT molecular complexity index is 50.4. The van der Waals surface area contributed by atoms with Crippen LogP contribution in [-0.2, 0) is 9.47 Å². The highest BCUT2D eigenvalue weighted by Gasteiger charge is 1.94. The van der Waals surface area contributed by atoms with Gasteiger partial charge >= 0.3 is 8.60 Å². The van der Waals surface area contributed by atoms with E-state index >= 15 is 0 Å². The maximum Gasteiger partial charge on any atom is 0.324 e. The number of hydrogen-bond acceptors (Lipinski definition) is 5. The van der Waals surface area contributed by atoms with Gasteiger partial charge < -0.3 is 24.2 Å². The minimum atomic E-state index is -2.62. The predicted molar refractivity (Wildman–Crippen MR) is 35.2 cm³/mol. The zero-order valence-corrected chi connectivity index (χ0v) is 6.33. The van der Waals surface area contributed by atoms with Gasteiger partial charge in [0, 0.05) is 0 Å². The van der Waals surface area contributed by atoms with Gasteiger partial charge in [-0.3, -0.25) is 0 Å². The Labute approximate surface area is 60.2 Å². The van der Waals surface area contributed by atoms with Crippen LogP contribution in [-0.4, -0.2) is 41.1 Å². The summed E-state index contributed by atoms with van der Waals surface area (Å²) in [5.41, 5.74) is 0. The van der Waals surface area contributed by atoms with Crippen LogP contribution < -0.4 is 0 Å². The van der Waals surface area contributed by atoms with Gasteiger partial charge in [0.1, 0.15) is 0 Å². The van der Waals surface area contributed by atoms with Gasteiger partial charge in [0.25, 0.3) is 0 Å². The first-order valence-corrected chi connectivity index (χ1v) is 3.95. The molecule has 1 aliphatic heterocycles. The average Bonchev–Trinajstić information content (AvgIpc) is 1.90. The molecule has 0 aromatic carbocycles. The van der Waals surface area contributed by atoms with Crippen LogP contribution in [0.1, 0.15) is 0 Å². The first-order valence-electron chi connectivity index (χ1n) is 2.75. The van der Waals surface area contributed by atoms with Gasteiger partial charge in [-0.2, -0.15) is 0 Å². The molecule has 6 heteroatoms. The fraction of sp³-hybridized carbons (Fsp3) is 1.00. The largest absolute Gasteiger partial charge is 0.377 e. The molecule has 10 heavy (non-hydrogen) atoms. The molecule has 0 unspecified atom stereocenters. The van der Waals surface area contributed by atoms with E-state index in [2.05, 4.69) is 0 Å². The van der Waals surface area contributed by atoms with Crippen molar-refractivity contribution in [3.8, 4) is 0 Å². The SMILES string of the molecule is C1COCCO1.OP(O)O. The summed E-state index contributed by atoms with van der Waals surface area (Å²) in [6.07, 6.45) is 0. The first kappa shape index (κ1) is 10.2. The Morgan fingerprint density at radius 2 is 1.00 bits per heavy atom. The van der Waals surface area contributed by atoms with E-state index in [9.17, 15) is 0 Å². The van der Waals surface area contributed by atoms with Crippen LogP contribution in [0.2, 0.25) is 0 Å². The van der Waals surface area contributed by atoms with Crippen LogP contribution in [0.4, 0.5) is 0 Å². The van der Waals surface area contributed by atoms with Gasteiger partial charge in [-0.1, -0.05) is 0 Å². The number of rotatable bonds is 0. The summed E-state index contributed by atoms with van der Waals surface area (Å²) in [4.78, 5) is 21.7. The zero-order valence-electron chi connectivity index (χ0n) is 5.43. The minimum Gasteiger partial charge on any atom is -0.377 e. The quantitative estimate of drug-likeness (QED) is 0.416. The molecule has 1 heterocycles. The Hall–Kier alpha value is 0.230. The molecule has 0 aliphatic carbocycles. The lowest BCUT2D eigenvalue weighted by Crippen LogP contribution is -2.16. The average molecular weight is 170 g/mol. The zero-order chi connectivity index (χ0) is 7.82. The first-order chi connectivity index (χ1) is 4.73. The summed E-state index contributed by atoms with van der Waals surface area (Å²) in [6, 6.07) is 0. The van der Waals surface area contributed by atoms with E-state index < -0.39 is 8.60 Å². The monoisotopic (exact) mass is 170 g/mol. The van der Waals surface area contributed by atoms with Crippen LogP contribution in [0.3, 0.4) is 0 Å². The molecule has 0 atom stereocenters. The molecule has 0 aromatic rings. The molecule has 0 amide bonds. The van der Waals surface area contributed by atoms with Crippen molar-refractivity contribution in [2.24, 2.45) is 0 Å². The molecular formula is C4H11O5P. The van der Waals surface area contributed by atoms with Crippen LogP contribution >= 0.6 is 8.60 Å². The van der Waals surface area contributed by atoms with Gasteiger partial charge in [0.05, 0.1) is 26.4 Å². The predicted octanol–water partition coefficient (Wildman–Crippen LogP) is -0.777. The molecule has 0 saturated carbocycles. The second-order valence-electron chi connectivity index (χ2n) is 1.49. The lowest BCUT2D eigenvalue weighted by atomic mass is 10.6. The minimum absolute atomic E-state index is 0.778. The lowest BCUT2D eigenvalue weighted by molar-refractivity contribution is -0.0334. The molecule has 1 rings (SSSR count). The summed E-state index contributed by atoms with van der Waals surface area (Å²) in [5.74, 6) is 0. The van der Waals surface area contributed by atoms with Crippen molar-refractivity contribution in [3.05, 3.63) is 0 Å². The maximum absolute atomic E-state index is 7.23. The summed E-state index contributed by atoms with van der Waals surface area (Å²) in [7, 11) is -2.62. The second kappa shape index (κ2) is 7.34. The maximum atomic E-state index is 7.23. The van der Waals surface area contributed by atoms with Crippen molar-refractivity contribution in [2.45, 2.75) is 0 Å². The topological polar surface area (TPSA) is 79.2 Å². The van der Waals surface area contributed by atoms with Crippen LogP contribution in [0.5, 0.6) is 0 Å². The van der Waals surface area contributed by atoms with E-state index in [1.807, 2.05) is 0 Å². The van der Waals surface area contributed by atoms with E-state index in [1.165, 1.54) is 0 Å². The molecule has 0 radical (unpaired) electrons. The fourth-order valence-electron chi connectivity index (χ4n) is 0.440. The highest BCUT2D eigenvalue weighted by Crippen LogP contribution is 2.11. The molecule has 0 bridgehead atoms. The molecule has 0 aromatic heterocycles. The Kier molecular flexibility index (Phi) is 7.51. The third-order valence-corrected chi connectivity index (χ3v) is 0.744. The standard InChI is InChI=1S/C4H8O2.H3O3P/c1-2-6-4-3-5-1;1-4(2)3/h1-4H2;1-3H. The van der Waals surface area contributed by atoms with Gasteiger partial charge in [0.2, 0.25) is 0 Å². The normalized spacial score (nSPS) is 18.0. The molecule has 1 aliphatic rings. The van der Waals surface area contributed by atoms with Crippen molar-refractivity contribution in [1.29, 1.82) is 0 Å². The molecule has 5 nitrogen and oxygen atoms in total. The molecular weight excluding hydrogens is 159 g/mol. The van der Waals surface area contributed by atoms with Crippen molar-refractivity contribution >= 4 is 8.60 Å². The Morgan fingerprint density at radius 1 is 0.800 bits per heavy atom. The van der Waals surface area contributed by atoms with Gasteiger partial charge in [-0.05, 0) is 0 Å². The van der Waals surface area contributed by atoms with Crippen LogP contribution in [0.15, 0.2) is 0 Å². The third-order valence-electron chi connectivity index (χ3n) is 0.744. The van der Waals surface area contributed by atoms with Crippen molar-refractivity contribution < 1.29 is 24.2 Å². The van der Waals surface area contributed by atoms with Crippen molar-refractivity contribution in [3.63, 3.8) is 0 Å². The molecule has 1 saturated heterocycles. The van der Waals surface area contributed by atoms with Crippen LogP contribution in [0, 0.1) is 0 Å². The van der Waals surface area contributed by atoms with Gasteiger partial charge in [0.15, 0.2) is 0 Å². The fourth-order valence-corrected chi connectivity index (χ4v) is 0.440. The second-order valence-corrected chi connectivity index (χ2v) is 2.03. The highest BCUT2D eigenvalue weighted by molar-refractivity contribution is 7.38. The summed E-state index contributed by atoms with van der Waals surface area (Å²) in [6.45, 7) is 3.11. The van der Waals surface area contributed by atoms with Crippen molar-refractivity contribution in [1.82, 2.24) is 0 Å². The number of ether oxygens (including phenoxy) is 2. The smallest absolute Gasteiger partial charge is 0.324 e. The van der Waals surface area contributed by atoms with E-state index in [-0.39, 0.29) is 0 Å².